The number of primary amides is 1. The highest BCUT2D eigenvalue weighted by Crippen LogP contribution is 2.33. The second kappa shape index (κ2) is 7.71. The van der Waals surface area contributed by atoms with E-state index in [0.29, 0.717) is 24.2 Å². The van der Waals surface area contributed by atoms with Crippen molar-refractivity contribution in [3.8, 4) is 16.9 Å². The number of nitrogens with one attached hydrogen (secondary N) is 1. The van der Waals surface area contributed by atoms with Crippen LogP contribution in [-0.2, 0) is 12.6 Å². The lowest BCUT2D eigenvalue weighted by Crippen LogP contribution is -2.30. The highest BCUT2D eigenvalue weighted by Gasteiger charge is 2.35. The van der Waals surface area contributed by atoms with E-state index in [-0.39, 0.29) is 5.69 Å². The molecular formula is C19H16F4N4O. The molecule has 0 aliphatic heterocycles. The molecular weight excluding hydrogens is 376 g/mol. The van der Waals surface area contributed by atoms with E-state index in [4.69, 9.17) is 5.73 Å². The van der Waals surface area contributed by atoms with Crippen LogP contribution in [0.2, 0.25) is 0 Å². The fraction of sp³-hybridized carbons (Fsp3) is 0.158. The Kier molecular flexibility index (Phi) is 5.34. The summed E-state index contributed by atoms with van der Waals surface area (Å²) < 4.78 is 53.8. The standard InChI is InChI=1S/C19H16F4N4O/c20-14-5-7-15(8-6-14)27-16(11-17(26-27)19(21,22)23)13-3-1-12(2-4-13)9-10-25-18(24)28/h1-8,11H,9-10H2,(H3,24,25,28). The predicted molar refractivity (Wildman–Crippen MR) is 95.3 cm³/mol. The number of hydrogen-bond acceptors (Lipinski definition) is 2. The van der Waals surface area contributed by atoms with E-state index in [1.54, 1.807) is 24.3 Å². The molecule has 0 aliphatic rings. The van der Waals surface area contributed by atoms with Crippen molar-refractivity contribution in [1.82, 2.24) is 15.1 Å². The third-order valence-corrected chi connectivity index (χ3v) is 4.03. The molecule has 3 rings (SSSR count). The third kappa shape index (κ3) is 4.48. The van der Waals surface area contributed by atoms with Gasteiger partial charge >= 0.3 is 12.2 Å². The van der Waals surface area contributed by atoms with Crippen LogP contribution in [0.3, 0.4) is 0 Å². The maximum absolute atomic E-state index is 13.2. The maximum atomic E-state index is 13.2. The molecule has 0 saturated carbocycles. The SMILES string of the molecule is NC(=O)NCCc1ccc(-c2cc(C(F)(F)F)nn2-c2ccc(F)cc2)cc1. The minimum Gasteiger partial charge on any atom is -0.352 e. The molecule has 0 atom stereocenters. The van der Waals surface area contributed by atoms with Crippen LogP contribution in [0.15, 0.2) is 54.6 Å². The average Bonchev–Trinajstić information content (AvgIpc) is 3.08. The van der Waals surface area contributed by atoms with Crippen LogP contribution in [0.1, 0.15) is 11.3 Å². The zero-order chi connectivity index (χ0) is 20.3. The van der Waals surface area contributed by atoms with Gasteiger partial charge in [-0.05, 0) is 42.3 Å². The molecule has 9 heteroatoms. The molecule has 0 fully saturated rings. The molecule has 0 aliphatic carbocycles. The number of hydrogen-bond donors (Lipinski definition) is 2. The first kappa shape index (κ1) is 19.4. The Hall–Kier alpha value is -3.36. The predicted octanol–water partition coefficient (Wildman–Crippen LogP) is 3.91. The summed E-state index contributed by atoms with van der Waals surface area (Å²) >= 11 is 0. The Labute approximate surface area is 157 Å². The van der Waals surface area contributed by atoms with Crippen molar-refractivity contribution < 1.29 is 22.4 Å². The number of nitrogens with zero attached hydrogens (tertiary/aromatic N) is 2. The summed E-state index contributed by atoms with van der Waals surface area (Å²) in [6.07, 6.45) is -4.09. The number of benzene rings is 2. The molecule has 146 valence electrons. The number of aromatic nitrogens is 2. The lowest BCUT2D eigenvalue weighted by atomic mass is 10.1. The van der Waals surface area contributed by atoms with E-state index in [9.17, 15) is 22.4 Å². The Morgan fingerprint density at radius 2 is 1.71 bits per heavy atom. The first-order chi connectivity index (χ1) is 13.2. The average molecular weight is 392 g/mol. The van der Waals surface area contributed by atoms with Gasteiger partial charge in [0.25, 0.3) is 0 Å². The molecule has 1 heterocycles. The van der Waals surface area contributed by atoms with Gasteiger partial charge in [0.1, 0.15) is 5.82 Å². The van der Waals surface area contributed by atoms with Crippen molar-refractivity contribution in [1.29, 1.82) is 0 Å². The van der Waals surface area contributed by atoms with Crippen LogP contribution < -0.4 is 11.1 Å². The van der Waals surface area contributed by atoms with E-state index in [2.05, 4.69) is 10.4 Å². The van der Waals surface area contributed by atoms with Gasteiger partial charge in [-0.3, -0.25) is 0 Å². The molecule has 5 nitrogen and oxygen atoms in total. The molecule has 3 N–H and O–H groups in total. The van der Waals surface area contributed by atoms with Gasteiger partial charge in [0.05, 0.1) is 11.4 Å². The minimum atomic E-state index is -4.61. The molecule has 0 unspecified atom stereocenters. The van der Waals surface area contributed by atoms with Gasteiger partial charge in [-0.1, -0.05) is 24.3 Å². The van der Waals surface area contributed by atoms with Crippen LogP contribution in [0, 0.1) is 5.82 Å². The van der Waals surface area contributed by atoms with Crippen molar-refractivity contribution in [2.45, 2.75) is 12.6 Å². The van der Waals surface area contributed by atoms with Gasteiger partial charge in [-0.15, -0.1) is 0 Å². The number of urea groups is 1. The summed E-state index contributed by atoms with van der Waals surface area (Å²) in [4.78, 5) is 10.7. The quantitative estimate of drug-likeness (QED) is 0.647. The van der Waals surface area contributed by atoms with Gasteiger partial charge in [0, 0.05) is 12.1 Å². The smallest absolute Gasteiger partial charge is 0.352 e. The van der Waals surface area contributed by atoms with E-state index in [1.807, 2.05) is 0 Å². The van der Waals surface area contributed by atoms with Crippen molar-refractivity contribution in [3.63, 3.8) is 0 Å². The third-order valence-electron chi connectivity index (χ3n) is 4.03. The van der Waals surface area contributed by atoms with Gasteiger partial charge < -0.3 is 11.1 Å². The Morgan fingerprint density at radius 1 is 1.07 bits per heavy atom. The molecule has 2 aromatic carbocycles. The molecule has 1 aromatic heterocycles. The Bertz CT molecular complexity index is 963. The zero-order valence-electron chi connectivity index (χ0n) is 14.5. The van der Waals surface area contributed by atoms with E-state index in [0.717, 1.165) is 28.4 Å². The second-order valence-electron chi connectivity index (χ2n) is 6.04. The maximum Gasteiger partial charge on any atom is 0.435 e. The number of amides is 2. The highest BCUT2D eigenvalue weighted by molar-refractivity contribution is 5.71. The van der Waals surface area contributed by atoms with Crippen LogP contribution in [0.25, 0.3) is 16.9 Å². The van der Waals surface area contributed by atoms with E-state index in [1.165, 1.54) is 12.1 Å². The number of halogens is 4. The monoisotopic (exact) mass is 392 g/mol. The van der Waals surface area contributed by atoms with Crippen LogP contribution in [0.5, 0.6) is 0 Å². The fourth-order valence-corrected chi connectivity index (χ4v) is 2.68. The summed E-state index contributed by atoms with van der Waals surface area (Å²) in [6, 6.07) is 12.2. The number of carbonyl (C=O) groups is 1. The molecule has 28 heavy (non-hydrogen) atoms. The number of carbonyl (C=O) groups excluding carboxylic acids is 1. The molecule has 0 bridgehead atoms. The van der Waals surface area contributed by atoms with Crippen molar-refractivity contribution in [3.05, 3.63) is 71.7 Å². The summed E-state index contributed by atoms with van der Waals surface area (Å²) in [5, 5.41) is 6.12. The number of rotatable bonds is 5. The molecule has 2 amide bonds. The fourth-order valence-electron chi connectivity index (χ4n) is 2.68. The van der Waals surface area contributed by atoms with Crippen molar-refractivity contribution in [2.75, 3.05) is 6.54 Å². The summed E-state index contributed by atoms with van der Waals surface area (Å²) in [5.41, 5.74) is 5.88. The summed E-state index contributed by atoms with van der Waals surface area (Å²) in [5.74, 6) is -0.498. The Morgan fingerprint density at radius 3 is 2.29 bits per heavy atom. The van der Waals surface area contributed by atoms with E-state index < -0.39 is 23.7 Å². The topological polar surface area (TPSA) is 72.9 Å². The van der Waals surface area contributed by atoms with Gasteiger partial charge in [0.15, 0.2) is 5.69 Å². The van der Waals surface area contributed by atoms with Crippen LogP contribution in [-0.4, -0.2) is 22.4 Å². The van der Waals surface area contributed by atoms with Gasteiger partial charge in [-0.25, -0.2) is 13.9 Å². The number of alkyl halides is 3. The van der Waals surface area contributed by atoms with Gasteiger partial charge in [-0.2, -0.15) is 18.3 Å². The van der Waals surface area contributed by atoms with Crippen molar-refractivity contribution >= 4 is 6.03 Å². The van der Waals surface area contributed by atoms with Gasteiger partial charge in [0.2, 0.25) is 0 Å². The Balaban J connectivity index is 1.94. The largest absolute Gasteiger partial charge is 0.435 e. The minimum absolute atomic E-state index is 0.223. The van der Waals surface area contributed by atoms with E-state index >= 15 is 0 Å². The van der Waals surface area contributed by atoms with Crippen LogP contribution in [0.4, 0.5) is 22.4 Å². The van der Waals surface area contributed by atoms with Crippen molar-refractivity contribution in [2.24, 2.45) is 5.73 Å². The molecule has 0 spiro atoms. The normalized spacial score (nSPS) is 11.4. The lowest BCUT2D eigenvalue weighted by Gasteiger charge is -2.09. The number of nitrogens with two attached hydrogens (primary N) is 1. The zero-order valence-corrected chi connectivity index (χ0v) is 14.5. The first-order valence-electron chi connectivity index (χ1n) is 8.30. The van der Waals surface area contributed by atoms with Crippen LogP contribution >= 0.6 is 0 Å². The molecule has 0 saturated heterocycles. The molecule has 0 radical (unpaired) electrons. The highest BCUT2D eigenvalue weighted by atomic mass is 19.4. The second-order valence-corrected chi connectivity index (χ2v) is 6.04. The molecule has 3 aromatic rings. The summed E-state index contributed by atoms with van der Waals surface area (Å²) in [7, 11) is 0. The first-order valence-corrected chi connectivity index (χ1v) is 8.30. The lowest BCUT2D eigenvalue weighted by molar-refractivity contribution is -0.141. The summed E-state index contributed by atoms with van der Waals surface area (Å²) in [6.45, 7) is 0.348.